The van der Waals surface area contributed by atoms with Gasteiger partial charge in [0.15, 0.2) is 5.78 Å². The van der Waals surface area contributed by atoms with Crippen molar-refractivity contribution in [3.8, 4) is 11.7 Å². The normalized spacial score (nSPS) is 11.3. The monoisotopic (exact) mass is 358 g/mol. The summed E-state index contributed by atoms with van der Waals surface area (Å²) in [6, 6.07) is 6.35. The molecule has 0 atom stereocenters. The number of carbonyl (C=O) groups is 2. The van der Waals surface area contributed by atoms with Gasteiger partial charge in [-0.25, -0.2) is 4.79 Å². The van der Waals surface area contributed by atoms with Crippen LogP contribution in [0.25, 0.3) is 0 Å². The molecule has 1 aromatic carbocycles. The van der Waals surface area contributed by atoms with Crippen LogP contribution < -0.4 is 10.9 Å². The smallest absolute Gasteiger partial charge is 0.351 e. The third-order valence-electron chi connectivity index (χ3n) is 3.54. The first-order valence-electron chi connectivity index (χ1n) is 7.80. The average Bonchev–Trinajstić information content (AvgIpc) is 2.54. The maximum absolute atomic E-state index is 12.0. The standard InChI is InChI=1S/C18H18N2O6/c1-4-19-16(23)11-6-5-7-12(8-11)20-9(2)13-15(22)14(10(3)21)18(25)26-17(13)24/h5-8,22,25H,4H2,1-3H3,(H,19,23). The molecule has 8 nitrogen and oxygen atoms in total. The Morgan fingerprint density at radius 1 is 1.19 bits per heavy atom. The fraction of sp³-hybridized carbons (Fsp3) is 0.222. The number of carbonyl (C=O) groups excluding carboxylic acids is 2. The largest absolute Gasteiger partial charge is 0.506 e. The van der Waals surface area contributed by atoms with Crippen molar-refractivity contribution in [1.29, 1.82) is 0 Å². The molecule has 1 heterocycles. The van der Waals surface area contributed by atoms with Crippen LogP contribution in [-0.4, -0.2) is 34.2 Å². The van der Waals surface area contributed by atoms with Gasteiger partial charge < -0.3 is 19.9 Å². The van der Waals surface area contributed by atoms with E-state index in [0.29, 0.717) is 17.8 Å². The highest BCUT2D eigenvalue weighted by molar-refractivity contribution is 6.07. The zero-order valence-electron chi connectivity index (χ0n) is 14.5. The van der Waals surface area contributed by atoms with Crippen LogP contribution >= 0.6 is 0 Å². The Labute approximate surface area is 148 Å². The van der Waals surface area contributed by atoms with Crippen molar-refractivity contribution < 1.29 is 24.2 Å². The summed E-state index contributed by atoms with van der Waals surface area (Å²) in [6.07, 6.45) is 0. The number of Topliss-reactive ketones (excluding diaryl/α,β-unsaturated/α-hetero) is 1. The summed E-state index contributed by atoms with van der Waals surface area (Å²) in [4.78, 5) is 39.6. The highest BCUT2D eigenvalue weighted by Crippen LogP contribution is 2.29. The van der Waals surface area contributed by atoms with E-state index in [-0.39, 0.29) is 17.2 Å². The third kappa shape index (κ3) is 3.80. The number of ketones is 1. The molecular weight excluding hydrogens is 340 g/mol. The minimum absolute atomic E-state index is 0.0619. The van der Waals surface area contributed by atoms with E-state index in [2.05, 4.69) is 14.7 Å². The quantitative estimate of drug-likeness (QED) is 0.555. The lowest BCUT2D eigenvalue weighted by atomic mass is 10.1. The summed E-state index contributed by atoms with van der Waals surface area (Å²) in [5, 5.41) is 22.4. The Morgan fingerprint density at radius 3 is 2.50 bits per heavy atom. The Bertz CT molecular complexity index is 959. The number of amides is 1. The molecule has 0 saturated heterocycles. The molecule has 0 aliphatic heterocycles. The van der Waals surface area contributed by atoms with E-state index >= 15 is 0 Å². The van der Waals surface area contributed by atoms with Gasteiger partial charge in [-0.1, -0.05) is 6.07 Å². The minimum Gasteiger partial charge on any atom is -0.506 e. The van der Waals surface area contributed by atoms with Gasteiger partial charge in [-0.3, -0.25) is 14.6 Å². The van der Waals surface area contributed by atoms with Crippen molar-refractivity contribution in [2.24, 2.45) is 4.99 Å². The van der Waals surface area contributed by atoms with E-state index in [1.54, 1.807) is 25.1 Å². The third-order valence-corrected chi connectivity index (χ3v) is 3.54. The van der Waals surface area contributed by atoms with Gasteiger partial charge in [0.2, 0.25) is 0 Å². The highest BCUT2D eigenvalue weighted by Gasteiger charge is 2.24. The van der Waals surface area contributed by atoms with Gasteiger partial charge in [0.05, 0.1) is 11.4 Å². The summed E-state index contributed by atoms with van der Waals surface area (Å²) in [7, 11) is 0. The molecule has 0 saturated carbocycles. The van der Waals surface area contributed by atoms with Crippen LogP contribution in [0, 0.1) is 0 Å². The molecule has 1 amide bonds. The molecule has 2 rings (SSSR count). The van der Waals surface area contributed by atoms with Gasteiger partial charge in [0, 0.05) is 12.1 Å². The number of benzene rings is 1. The molecule has 136 valence electrons. The number of nitrogens with one attached hydrogen (secondary N) is 1. The molecular formula is C18H18N2O6. The lowest BCUT2D eigenvalue weighted by molar-refractivity contribution is 0.0954. The Hall–Kier alpha value is -3.42. The van der Waals surface area contributed by atoms with Gasteiger partial charge in [-0.2, -0.15) is 0 Å². The van der Waals surface area contributed by atoms with Crippen LogP contribution in [0.1, 0.15) is 47.1 Å². The number of rotatable bonds is 5. The van der Waals surface area contributed by atoms with Gasteiger partial charge in [-0.05, 0) is 39.0 Å². The molecule has 3 N–H and O–H groups in total. The second-order valence-electron chi connectivity index (χ2n) is 5.46. The second kappa shape index (κ2) is 7.64. The first kappa shape index (κ1) is 18.9. The summed E-state index contributed by atoms with van der Waals surface area (Å²) >= 11 is 0. The van der Waals surface area contributed by atoms with Gasteiger partial charge in [0.25, 0.3) is 11.9 Å². The highest BCUT2D eigenvalue weighted by atomic mass is 16.5. The number of hydrogen-bond donors (Lipinski definition) is 3. The maximum atomic E-state index is 12.0. The predicted molar refractivity (Wildman–Crippen MR) is 94.6 cm³/mol. The van der Waals surface area contributed by atoms with Gasteiger partial charge in [-0.15, -0.1) is 0 Å². The molecule has 0 aliphatic rings. The van der Waals surface area contributed by atoms with E-state index < -0.39 is 28.7 Å². The van der Waals surface area contributed by atoms with Crippen LogP contribution in [0.3, 0.4) is 0 Å². The zero-order valence-corrected chi connectivity index (χ0v) is 14.5. The SMILES string of the molecule is CCNC(=O)c1cccc(N=C(C)c2c(O)c(C(C)=O)c(O)oc2=O)c1. The number of aliphatic imine (C=N–C) groups is 1. The van der Waals surface area contributed by atoms with Gasteiger partial charge in [0.1, 0.15) is 16.9 Å². The number of aromatic hydroxyl groups is 2. The van der Waals surface area contributed by atoms with Crippen molar-refractivity contribution in [3.05, 3.63) is 51.4 Å². The molecule has 2 aromatic rings. The lowest BCUT2D eigenvalue weighted by Crippen LogP contribution is -2.22. The van der Waals surface area contributed by atoms with Crippen molar-refractivity contribution in [2.75, 3.05) is 6.54 Å². The van der Waals surface area contributed by atoms with Crippen molar-refractivity contribution in [2.45, 2.75) is 20.8 Å². The van der Waals surface area contributed by atoms with Crippen molar-refractivity contribution in [1.82, 2.24) is 5.32 Å². The first-order valence-corrected chi connectivity index (χ1v) is 7.80. The molecule has 26 heavy (non-hydrogen) atoms. The summed E-state index contributed by atoms with van der Waals surface area (Å²) in [5.41, 5.74) is -1.06. The fourth-order valence-electron chi connectivity index (χ4n) is 2.38. The molecule has 0 radical (unpaired) electrons. The first-order chi connectivity index (χ1) is 12.3. The van der Waals surface area contributed by atoms with E-state index in [1.165, 1.54) is 13.0 Å². The lowest BCUT2D eigenvalue weighted by Gasteiger charge is -2.08. The molecule has 0 aliphatic carbocycles. The summed E-state index contributed by atoms with van der Waals surface area (Å²) < 4.78 is 4.61. The molecule has 0 fully saturated rings. The van der Waals surface area contributed by atoms with Crippen LogP contribution in [0.15, 0.2) is 38.5 Å². The summed E-state index contributed by atoms with van der Waals surface area (Å²) in [6.45, 7) is 4.82. The Morgan fingerprint density at radius 2 is 1.88 bits per heavy atom. The molecule has 8 heteroatoms. The average molecular weight is 358 g/mol. The molecule has 0 unspecified atom stereocenters. The van der Waals surface area contributed by atoms with E-state index in [1.807, 2.05) is 0 Å². The van der Waals surface area contributed by atoms with E-state index in [9.17, 15) is 24.6 Å². The topological polar surface area (TPSA) is 129 Å². The fourth-order valence-corrected chi connectivity index (χ4v) is 2.38. The molecule has 1 aromatic heterocycles. The predicted octanol–water partition coefficient (Wildman–Crippen LogP) is 2.14. The zero-order chi connectivity index (χ0) is 19.4. The maximum Gasteiger partial charge on any atom is 0.351 e. The van der Waals surface area contributed by atoms with Crippen LogP contribution in [-0.2, 0) is 0 Å². The second-order valence-corrected chi connectivity index (χ2v) is 5.46. The van der Waals surface area contributed by atoms with Crippen LogP contribution in [0.5, 0.6) is 11.7 Å². The van der Waals surface area contributed by atoms with Crippen molar-refractivity contribution in [3.63, 3.8) is 0 Å². The van der Waals surface area contributed by atoms with Crippen LogP contribution in [0.2, 0.25) is 0 Å². The van der Waals surface area contributed by atoms with E-state index in [4.69, 9.17) is 0 Å². The Balaban J connectivity index is 2.53. The molecule has 0 bridgehead atoms. The summed E-state index contributed by atoms with van der Waals surface area (Å²) in [5.74, 6) is -2.59. The van der Waals surface area contributed by atoms with Gasteiger partial charge >= 0.3 is 5.63 Å². The van der Waals surface area contributed by atoms with Crippen LogP contribution in [0.4, 0.5) is 5.69 Å². The number of hydrogen-bond acceptors (Lipinski definition) is 7. The Kier molecular flexibility index (Phi) is 5.56. The number of nitrogens with zero attached hydrogens (tertiary/aromatic N) is 1. The van der Waals surface area contributed by atoms with E-state index in [0.717, 1.165) is 6.92 Å². The van der Waals surface area contributed by atoms with Crippen molar-refractivity contribution >= 4 is 23.1 Å². The minimum atomic E-state index is -1.04. The molecule has 0 spiro atoms.